The van der Waals surface area contributed by atoms with E-state index in [-0.39, 0.29) is 47.0 Å². The zero-order chi connectivity index (χ0) is 24.9. The summed E-state index contributed by atoms with van der Waals surface area (Å²) in [5, 5.41) is 44.5. The highest BCUT2D eigenvalue weighted by atomic mass is 16.5. The van der Waals surface area contributed by atoms with E-state index in [2.05, 4.69) is 5.32 Å². The average Bonchev–Trinajstić information content (AvgIpc) is 3.22. The molecular formula is C26H25NO8. The molecule has 0 radical (unpaired) electrons. The summed E-state index contributed by atoms with van der Waals surface area (Å²) in [7, 11) is 2.83. The summed E-state index contributed by atoms with van der Waals surface area (Å²) in [6, 6.07) is 12.3. The molecule has 0 amide bonds. The molecule has 0 aromatic heterocycles. The number of cyclic esters (lactones) is 1. The fourth-order valence-electron chi connectivity index (χ4n) is 5.25. The molecule has 1 heterocycles. The highest BCUT2D eigenvalue weighted by Gasteiger charge is 2.52. The van der Waals surface area contributed by atoms with Crippen molar-refractivity contribution >= 4 is 11.7 Å². The molecule has 5 rings (SSSR count). The van der Waals surface area contributed by atoms with E-state index in [4.69, 9.17) is 14.2 Å². The van der Waals surface area contributed by atoms with Crippen LogP contribution in [0.4, 0.5) is 5.69 Å². The van der Waals surface area contributed by atoms with Crippen LogP contribution in [0.25, 0.3) is 0 Å². The van der Waals surface area contributed by atoms with Gasteiger partial charge in [0.25, 0.3) is 0 Å². The third-order valence-electron chi connectivity index (χ3n) is 6.82. The van der Waals surface area contributed by atoms with Gasteiger partial charge in [0, 0.05) is 23.6 Å². The number of rotatable bonds is 5. The van der Waals surface area contributed by atoms with Crippen molar-refractivity contribution in [2.75, 3.05) is 26.1 Å². The molecule has 0 bridgehead atoms. The summed E-state index contributed by atoms with van der Waals surface area (Å²) in [5.74, 6) is -2.32. The zero-order valence-electron chi connectivity index (χ0n) is 19.1. The van der Waals surface area contributed by atoms with Crippen molar-refractivity contribution in [2.45, 2.75) is 12.0 Å². The Morgan fingerprint density at radius 3 is 2.20 bits per heavy atom. The number of phenolic OH excluding ortho intramolecular Hbond substituents is 4. The van der Waals surface area contributed by atoms with Crippen molar-refractivity contribution in [3.05, 3.63) is 65.2 Å². The lowest BCUT2D eigenvalue weighted by atomic mass is 9.65. The fraction of sp³-hybridized carbons (Fsp3) is 0.269. The first-order chi connectivity index (χ1) is 16.8. The average molecular weight is 479 g/mol. The molecule has 35 heavy (non-hydrogen) atoms. The van der Waals surface area contributed by atoms with Crippen molar-refractivity contribution in [2.24, 2.45) is 11.8 Å². The first-order valence-corrected chi connectivity index (χ1v) is 11.0. The molecule has 182 valence electrons. The minimum absolute atomic E-state index is 0.0797. The molecule has 1 aliphatic heterocycles. The quantitative estimate of drug-likeness (QED) is 0.274. The van der Waals surface area contributed by atoms with Gasteiger partial charge in [-0.2, -0.15) is 0 Å². The molecule has 0 unspecified atom stereocenters. The highest BCUT2D eigenvalue weighted by molar-refractivity contribution is 5.79. The summed E-state index contributed by atoms with van der Waals surface area (Å²) in [6.45, 7) is 0.143. The van der Waals surface area contributed by atoms with E-state index < -0.39 is 23.8 Å². The molecular weight excluding hydrogens is 454 g/mol. The van der Waals surface area contributed by atoms with Crippen LogP contribution in [-0.4, -0.2) is 47.2 Å². The molecule has 9 nitrogen and oxygen atoms in total. The predicted octanol–water partition coefficient (Wildman–Crippen LogP) is 3.61. The van der Waals surface area contributed by atoms with Gasteiger partial charge in [0.15, 0.2) is 23.0 Å². The van der Waals surface area contributed by atoms with Crippen molar-refractivity contribution in [1.29, 1.82) is 0 Å². The molecule has 5 N–H and O–H groups in total. The molecule has 0 spiro atoms. The second kappa shape index (κ2) is 8.50. The van der Waals surface area contributed by atoms with Gasteiger partial charge in [-0.05, 0) is 53.1 Å². The van der Waals surface area contributed by atoms with Crippen molar-refractivity contribution in [3.63, 3.8) is 0 Å². The van der Waals surface area contributed by atoms with Crippen LogP contribution in [0, 0.1) is 11.8 Å². The number of nitrogens with one attached hydrogen (secondary N) is 1. The van der Waals surface area contributed by atoms with Gasteiger partial charge in [0.1, 0.15) is 5.75 Å². The molecule has 0 saturated carbocycles. The lowest BCUT2D eigenvalue weighted by molar-refractivity contribution is -0.141. The molecule has 2 aliphatic rings. The molecule has 4 atom stereocenters. The molecule has 3 aromatic carbocycles. The van der Waals surface area contributed by atoms with E-state index in [1.54, 1.807) is 36.4 Å². The van der Waals surface area contributed by atoms with Gasteiger partial charge in [-0.25, -0.2) is 0 Å². The van der Waals surface area contributed by atoms with Gasteiger partial charge in [-0.1, -0.05) is 6.07 Å². The summed E-state index contributed by atoms with van der Waals surface area (Å²) in [6.07, 6.45) is 0. The number of esters is 1. The second-order valence-corrected chi connectivity index (χ2v) is 8.71. The number of aromatic hydroxyl groups is 4. The summed E-state index contributed by atoms with van der Waals surface area (Å²) in [4.78, 5) is 13.1. The van der Waals surface area contributed by atoms with Gasteiger partial charge in [-0.3, -0.25) is 4.79 Å². The maximum atomic E-state index is 13.1. The normalized spacial score (nSPS) is 22.6. The number of anilines is 1. The van der Waals surface area contributed by atoms with E-state index in [0.717, 1.165) is 0 Å². The Bertz CT molecular complexity index is 1280. The first kappa shape index (κ1) is 22.5. The number of hydrogen-bond donors (Lipinski definition) is 5. The van der Waals surface area contributed by atoms with E-state index in [1.807, 2.05) is 0 Å². The lowest BCUT2D eigenvalue weighted by Gasteiger charge is -2.40. The number of ether oxygens (including phenoxy) is 3. The Kier molecular flexibility index (Phi) is 5.47. The largest absolute Gasteiger partial charge is 0.508 e. The Morgan fingerprint density at radius 2 is 1.57 bits per heavy atom. The number of benzene rings is 3. The van der Waals surface area contributed by atoms with Crippen LogP contribution in [-0.2, 0) is 9.53 Å². The number of methoxy groups -OCH3 is 2. The molecule has 9 heteroatoms. The van der Waals surface area contributed by atoms with Crippen LogP contribution >= 0.6 is 0 Å². The maximum absolute atomic E-state index is 13.1. The minimum atomic E-state index is -0.639. The molecule has 1 saturated heterocycles. The van der Waals surface area contributed by atoms with Crippen LogP contribution in [0.5, 0.6) is 34.5 Å². The lowest BCUT2D eigenvalue weighted by Crippen LogP contribution is -2.37. The van der Waals surface area contributed by atoms with E-state index in [0.29, 0.717) is 22.4 Å². The van der Waals surface area contributed by atoms with Gasteiger partial charge in [0.05, 0.1) is 32.8 Å². The fourth-order valence-corrected chi connectivity index (χ4v) is 5.25. The molecule has 1 aliphatic carbocycles. The van der Waals surface area contributed by atoms with Crippen LogP contribution < -0.4 is 14.8 Å². The summed E-state index contributed by atoms with van der Waals surface area (Å²) in [5.41, 5.74) is 2.51. The third kappa shape index (κ3) is 3.69. The zero-order valence-corrected chi connectivity index (χ0v) is 19.1. The van der Waals surface area contributed by atoms with E-state index in [9.17, 15) is 25.2 Å². The standard InChI is InChI=1S/C26H25NO8/c1-33-20-6-12(7-21(34-2)25(20)31)22-15-9-18(29)19(30)10-16(15)24(17-11-35-26(32)23(17)22)27-13-4-3-5-14(28)8-13/h3-10,17,22-24,27-31H,11H2,1-2H3/t17-,22+,23-,24+/m0/s1. The van der Waals surface area contributed by atoms with E-state index in [1.165, 1.54) is 26.4 Å². The Balaban J connectivity index is 1.72. The summed E-state index contributed by atoms with van der Waals surface area (Å²) >= 11 is 0. The SMILES string of the molecule is COc1cc([C@@H]2c3cc(O)c(O)cc3[C@@H](Nc3cccc(O)c3)[C@H]3COC(=O)[C@H]23)cc(OC)c1O. The van der Waals surface area contributed by atoms with E-state index >= 15 is 0 Å². The number of hydrogen-bond acceptors (Lipinski definition) is 9. The summed E-state index contributed by atoms with van der Waals surface area (Å²) < 4.78 is 16.2. The smallest absolute Gasteiger partial charge is 0.310 e. The van der Waals surface area contributed by atoms with Gasteiger partial charge >= 0.3 is 5.97 Å². The maximum Gasteiger partial charge on any atom is 0.310 e. The van der Waals surface area contributed by atoms with Crippen LogP contribution in [0.2, 0.25) is 0 Å². The Hall–Kier alpha value is -4.27. The van der Waals surface area contributed by atoms with Crippen LogP contribution in [0.15, 0.2) is 48.5 Å². The van der Waals surface area contributed by atoms with Crippen molar-refractivity contribution < 1.29 is 39.4 Å². The Morgan fingerprint density at radius 1 is 0.914 bits per heavy atom. The van der Waals surface area contributed by atoms with Crippen molar-refractivity contribution in [3.8, 4) is 34.5 Å². The number of phenols is 4. The van der Waals surface area contributed by atoms with Gasteiger partial charge in [-0.15, -0.1) is 0 Å². The monoisotopic (exact) mass is 479 g/mol. The predicted molar refractivity (Wildman–Crippen MR) is 125 cm³/mol. The first-order valence-electron chi connectivity index (χ1n) is 11.0. The highest BCUT2D eigenvalue weighted by Crippen LogP contribution is 2.55. The number of carbonyl (C=O) groups is 1. The Labute approximate surface area is 201 Å². The second-order valence-electron chi connectivity index (χ2n) is 8.71. The van der Waals surface area contributed by atoms with Crippen molar-refractivity contribution in [1.82, 2.24) is 0 Å². The molecule has 1 fully saturated rings. The minimum Gasteiger partial charge on any atom is -0.508 e. The van der Waals surface area contributed by atoms with Crippen LogP contribution in [0.1, 0.15) is 28.7 Å². The van der Waals surface area contributed by atoms with Gasteiger partial charge < -0.3 is 40.0 Å². The number of carbonyl (C=O) groups excluding carboxylic acids is 1. The van der Waals surface area contributed by atoms with Gasteiger partial charge in [0.2, 0.25) is 5.75 Å². The molecule has 3 aromatic rings. The topological polar surface area (TPSA) is 138 Å². The third-order valence-corrected chi connectivity index (χ3v) is 6.82. The van der Waals surface area contributed by atoms with Crippen LogP contribution in [0.3, 0.4) is 0 Å². The number of fused-ring (bicyclic) bond motifs is 2.